The van der Waals surface area contributed by atoms with Crippen molar-refractivity contribution in [3.8, 4) is 11.5 Å². The highest BCUT2D eigenvalue weighted by Gasteiger charge is 2.19. The predicted octanol–water partition coefficient (Wildman–Crippen LogP) is 1.55. The molecule has 0 bridgehead atoms. The molecule has 3 amide bonds. The third-order valence-corrected chi connectivity index (χ3v) is 3.33. The average Bonchev–Trinajstić information content (AvgIpc) is 2.87. The molecule has 21 heavy (non-hydrogen) atoms. The van der Waals surface area contributed by atoms with E-state index < -0.39 is 17.2 Å². The summed E-state index contributed by atoms with van der Waals surface area (Å²) < 4.78 is 18.2. The minimum atomic E-state index is -0.926. The maximum absolute atomic E-state index is 12.8. The zero-order valence-electron chi connectivity index (χ0n) is 10.9. The van der Waals surface area contributed by atoms with Crippen molar-refractivity contribution >= 4 is 23.7 Å². The van der Waals surface area contributed by atoms with E-state index in [4.69, 9.17) is 10.2 Å². The number of nitrogens with one attached hydrogen (secondary N) is 1. The number of hydrogen-bond donors (Lipinski definition) is 2. The van der Waals surface area contributed by atoms with Gasteiger partial charge in [-0.3, -0.25) is 10.1 Å². The first-order valence-corrected chi connectivity index (χ1v) is 6.70. The van der Waals surface area contributed by atoms with E-state index >= 15 is 0 Å². The van der Waals surface area contributed by atoms with Gasteiger partial charge in [-0.15, -0.1) is 10.2 Å². The number of halogens is 1. The van der Waals surface area contributed by atoms with Crippen LogP contribution in [-0.4, -0.2) is 27.4 Å². The summed E-state index contributed by atoms with van der Waals surface area (Å²) in [6, 6.07) is 4.62. The summed E-state index contributed by atoms with van der Waals surface area (Å²) in [7, 11) is 0. The van der Waals surface area contributed by atoms with E-state index in [0.29, 0.717) is 5.56 Å². The number of benzene rings is 1. The van der Waals surface area contributed by atoms with Gasteiger partial charge < -0.3 is 10.2 Å². The van der Waals surface area contributed by atoms with Crippen molar-refractivity contribution < 1.29 is 18.4 Å². The van der Waals surface area contributed by atoms with Crippen molar-refractivity contribution in [1.29, 1.82) is 0 Å². The largest absolute Gasteiger partial charge is 0.411 e. The molecule has 110 valence electrons. The number of nitrogens with two attached hydrogens (primary N) is 1. The normalized spacial score (nSPS) is 11.9. The van der Waals surface area contributed by atoms with Crippen molar-refractivity contribution in [2.24, 2.45) is 5.73 Å². The number of rotatable bonds is 4. The Balaban J connectivity index is 2.04. The highest BCUT2D eigenvalue weighted by molar-refractivity contribution is 8.00. The number of imide groups is 1. The Morgan fingerprint density at radius 3 is 2.62 bits per heavy atom. The third-order valence-electron chi connectivity index (χ3n) is 2.39. The molecular formula is C12H11FN4O3S. The molecule has 0 spiro atoms. The average molecular weight is 310 g/mol. The minimum absolute atomic E-state index is 0.154. The van der Waals surface area contributed by atoms with Crippen molar-refractivity contribution in [3.05, 3.63) is 30.1 Å². The maximum Gasteiger partial charge on any atom is 0.318 e. The van der Waals surface area contributed by atoms with Crippen LogP contribution >= 0.6 is 11.8 Å². The summed E-state index contributed by atoms with van der Waals surface area (Å²) in [5.74, 6) is -0.723. The Bertz CT molecular complexity index is 659. The van der Waals surface area contributed by atoms with Gasteiger partial charge in [0, 0.05) is 5.56 Å². The van der Waals surface area contributed by atoms with Crippen molar-refractivity contribution in [1.82, 2.24) is 15.5 Å². The van der Waals surface area contributed by atoms with E-state index in [1.165, 1.54) is 24.3 Å². The molecule has 0 radical (unpaired) electrons. The van der Waals surface area contributed by atoms with Crippen LogP contribution in [-0.2, 0) is 4.79 Å². The van der Waals surface area contributed by atoms with Gasteiger partial charge in [-0.05, 0) is 31.2 Å². The molecule has 0 aliphatic rings. The lowest BCUT2D eigenvalue weighted by molar-refractivity contribution is -0.119. The van der Waals surface area contributed by atoms with Crippen LogP contribution in [0.1, 0.15) is 6.92 Å². The molecule has 0 aliphatic carbocycles. The van der Waals surface area contributed by atoms with Crippen LogP contribution in [0.15, 0.2) is 33.9 Å². The van der Waals surface area contributed by atoms with Crippen LogP contribution in [0.4, 0.5) is 9.18 Å². The second kappa shape index (κ2) is 6.35. The smallest absolute Gasteiger partial charge is 0.318 e. The van der Waals surface area contributed by atoms with Gasteiger partial charge in [-0.25, -0.2) is 9.18 Å². The fraction of sp³-hybridized carbons (Fsp3) is 0.167. The monoisotopic (exact) mass is 310 g/mol. The lowest BCUT2D eigenvalue weighted by Crippen LogP contribution is -2.39. The van der Waals surface area contributed by atoms with Crippen LogP contribution in [0.3, 0.4) is 0 Å². The van der Waals surface area contributed by atoms with Crippen LogP contribution in [0.2, 0.25) is 0 Å². The molecule has 9 heteroatoms. The Morgan fingerprint density at radius 2 is 2.00 bits per heavy atom. The number of nitrogens with zero attached hydrogens (tertiary/aromatic N) is 2. The molecule has 0 fully saturated rings. The lowest BCUT2D eigenvalue weighted by atomic mass is 10.2. The number of carbonyl (C=O) groups excluding carboxylic acids is 2. The van der Waals surface area contributed by atoms with Gasteiger partial charge in [0.15, 0.2) is 0 Å². The second-order valence-corrected chi connectivity index (χ2v) is 5.29. The zero-order valence-corrected chi connectivity index (χ0v) is 11.7. The van der Waals surface area contributed by atoms with Crippen LogP contribution in [0.5, 0.6) is 0 Å². The Morgan fingerprint density at radius 1 is 1.33 bits per heavy atom. The standard InChI is InChI=1S/C12H11FN4O3S/c1-6(9(18)15-11(14)19)21-12-17-16-10(20-12)7-2-4-8(13)5-3-7/h2-6H,1H3,(H3,14,15,18,19)/t6-/m0/s1. The highest BCUT2D eigenvalue weighted by Crippen LogP contribution is 2.26. The van der Waals surface area contributed by atoms with Crippen molar-refractivity contribution in [2.75, 3.05) is 0 Å². The number of hydrogen-bond acceptors (Lipinski definition) is 6. The number of amides is 3. The van der Waals surface area contributed by atoms with E-state index in [2.05, 4.69) is 10.2 Å². The molecule has 2 rings (SSSR count). The molecule has 3 N–H and O–H groups in total. The Kier molecular flexibility index (Phi) is 4.53. The van der Waals surface area contributed by atoms with Gasteiger partial charge in [0.2, 0.25) is 11.8 Å². The second-order valence-electron chi connectivity index (χ2n) is 3.99. The van der Waals surface area contributed by atoms with Crippen LogP contribution in [0.25, 0.3) is 11.5 Å². The topological polar surface area (TPSA) is 111 Å². The molecule has 0 unspecified atom stereocenters. The Hall–Kier alpha value is -2.42. The molecule has 0 aliphatic heterocycles. The van der Waals surface area contributed by atoms with E-state index in [9.17, 15) is 14.0 Å². The number of thioether (sulfide) groups is 1. The molecule has 1 heterocycles. The SMILES string of the molecule is C[C@H](Sc1nnc(-c2ccc(F)cc2)o1)C(=O)NC(N)=O. The number of aromatic nitrogens is 2. The molecule has 7 nitrogen and oxygen atoms in total. The van der Waals surface area contributed by atoms with E-state index in [1.54, 1.807) is 6.92 Å². The van der Waals surface area contributed by atoms with Gasteiger partial charge in [0.1, 0.15) is 5.82 Å². The summed E-state index contributed by atoms with van der Waals surface area (Å²) in [5, 5.41) is 9.05. The molecule has 0 saturated carbocycles. The highest BCUT2D eigenvalue weighted by atomic mass is 32.2. The third kappa shape index (κ3) is 4.02. The zero-order chi connectivity index (χ0) is 15.4. The molecule has 0 saturated heterocycles. The Labute approximate surface area is 123 Å². The summed E-state index contributed by atoms with van der Waals surface area (Å²) in [5.41, 5.74) is 5.41. The quantitative estimate of drug-likeness (QED) is 0.829. The van der Waals surface area contributed by atoms with Gasteiger partial charge in [-0.2, -0.15) is 0 Å². The van der Waals surface area contributed by atoms with Crippen LogP contribution < -0.4 is 11.1 Å². The van der Waals surface area contributed by atoms with Crippen molar-refractivity contribution in [2.45, 2.75) is 17.4 Å². The summed E-state index contributed by atoms with van der Waals surface area (Å²) >= 11 is 0.978. The number of carbonyl (C=O) groups is 2. The lowest BCUT2D eigenvalue weighted by Gasteiger charge is -2.06. The maximum atomic E-state index is 12.8. The fourth-order valence-corrected chi connectivity index (χ4v) is 2.08. The molecule has 1 aromatic carbocycles. The number of primary amides is 1. The van der Waals surface area contributed by atoms with E-state index in [-0.39, 0.29) is 16.9 Å². The van der Waals surface area contributed by atoms with E-state index in [1.807, 2.05) is 5.32 Å². The van der Waals surface area contributed by atoms with Gasteiger partial charge in [0.25, 0.3) is 5.22 Å². The first-order valence-electron chi connectivity index (χ1n) is 5.82. The summed E-state index contributed by atoms with van der Waals surface area (Å²) in [6.45, 7) is 1.56. The van der Waals surface area contributed by atoms with Gasteiger partial charge in [0.05, 0.1) is 5.25 Å². The minimum Gasteiger partial charge on any atom is -0.411 e. The van der Waals surface area contributed by atoms with Crippen molar-refractivity contribution in [3.63, 3.8) is 0 Å². The fourth-order valence-electron chi connectivity index (χ4n) is 1.39. The first kappa shape index (κ1) is 15.0. The van der Waals surface area contributed by atoms with Gasteiger partial charge in [-0.1, -0.05) is 11.8 Å². The number of urea groups is 1. The molecular weight excluding hydrogens is 299 g/mol. The first-order chi connectivity index (χ1) is 9.95. The summed E-state index contributed by atoms with van der Waals surface area (Å²) in [4.78, 5) is 22.1. The summed E-state index contributed by atoms with van der Waals surface area (Å²) in [6.07, 6.45) is 0. The molecule has 1 aromatic heterocycles. The van der Waals surface area contributed by atoms with Crippen LogP contribution in [0, 0.1) is 5.82 Å². The molecule has 2 aromatic rings. The predicted molar refractivity (Wildman–Crippen MR) is 72.7 cm³/mol. The molecule has 1 atom stereocenters. The van der Waals surface area contributed by atoms with E-state index in [0.717, 1.165) is 11.8 Å². The van der Waals surface area contributed by atoms with Gasteiger partial charge >= 0.3 is 6.03 Å².